The molecular weight excluding hydrogens is 286 g/mol. The van der Waals surface area contributed by atoms with Gasteiger partial charge in [-0.15, -0.1) is 0 Å². The van der Waals surface area contributed by atoms with Crippen molar-refractivity contribution in [2.75, 3.05) is 0 Å². The molecule has 0 aromatic carbocycles. The van der Waals surface area contributed by atoms with Gasteiger partial charge in [0.25, 0.3) is 5.56 Å². The zero-order valence-corrected chi connectivity index (χ0v) is 13.2. The van der Waals surface area contributed by atoms with E-state index in [1.54, 1.807) is 10.6 Å². The maximum atomic E-state index is 12.4. The molecular formula is C14H19N5OS. The summed E-state index contributed by atoms with van der Waals surface area (Å²) < 4.78 is 3.44. The summed E-state index contributed by atoms with van der Waals surface area (Å²) in [6, 6.07) is 3.49. The number of nitrogens with two attached hydrogens (primary N) is 1. The van der Waals surface area contributed by atoms with Gasteiger partial charge in [-0.05, 0) is 25.0 Å². The van der Waals surface area contributed by atoms with Crippen LogP contribution in [0, 0.1) is 12.8 Å². The number of aromatic nitrogens is 4. The predicted molar refractivity (Wildman–Crippen MR) is 85.3 cm³/mol. The number of hydrogen-bond donors (Lipinski definition) is 1. The molecule has 2 N–H and O–H groups in total. The first-order valence-corrected chi connectivity index (χ1v) is 7.18. The van der Waals surface area contributed by atoms with Gasteiger partial charge in [0.15, 0.2) is 0 Å². The molecule has 2 aromatic rings. The van der Waals surface area contributed by atoms with Gasteiger partial charge in [0, 0.05) is 12.2 Å². The third-order valence-corrected chi connectivity index (χ3v) is 3.41. The van der Waals surface area contributed by atoms with Crippen LogP contribution in [0.1, 0.15) is 30.9 Å². The Balaban J connectivity index is 2.41. The van der Waals surface area contributed by atoms with Crippen LogP contribution < -0.4 is 11.3 Å². The minimum Gasteiger partial charge on any atom is -0.389 e. The fourth-order valence-electron chi connectivity index (χ4n) is 2.11. The first kappa shape index (κ1) is 15.4. The Labute approximate surface area is 128 Å². The van der Waals surface area contributed by atoms with E-state index >= 15 is 0 Å². The SMILES string of the molecule is Cc1ccc(C(N)=S)c(=O)n1Cc1ncnn1CC(C)C. The Morgan fingerprint density at radius 1 is 1.43 bits per heavy atom. The zero-order chi connectivity index (χ0) is 15.6. The van der Waals surface area contributed by atoms with Crippen molar-refractivity contribution < 1.29 is 0 Å². The summed E-state index contributed by atoms with van der Waals surface area (Å²) in [4.78, 5) is 16.8. The molecule has 0 aliphatic rings. The lowest BCUT2D eigenvalue weighted by Gasteiger charge is -2.13. The van der Waals surface area contributed by atoms with Gasteiger partial charge in [-0.25, -0.2) is 9.67 Å². The molecule has 0 radical (unpaired) electrons. The molecule has 112 valence electrons. The number of rotatable bonds is 5. The summed E-state index contributed by atoms with van der Waals surface area (Å²) in [5, 5.41) is 4.21. The van der Waals surface area contributed by atoms with Crippen LogP contribution in [0.25, 0.3) is 0 Å². The predicted octanol–water partition coefficient (Wildman–Crippen LogP) is 1.09. The second kappa shape index (κ2) is 6.17. The quantitative estimate of drug-likeness (QED) is 0.837. The number of nitrogens with zero attached hydrogens (tertiary/aromatic N) is 4. The number of aryl methyl sites for hydroxylation is 1. The lowest BCUT2D eigenvalue weighted by Crippen LogP contribution is -2.31. The summed E-state index contributed by atoms with van der Waals surface area (Å²) in [6.45, 7) is 7.20. The zero-order valence-electron chi connectivity index (χ0n) is 12.4. The number of thiocarbonyl (C=S) groups is 1. The smallest absolute Gasteiger partial charge is 0.261 e. The second-order valence-electron chi connectivity index (χ2n) is 5.40. The maximum Gasteiger partial charge on any atom is 0.261 e. The molecule has 0 aliphatic carbocycles. The van der Waals surface area contributed by atoms with E-state index in [9.17, 15) is 4.79 Å². The minimum atomic E-state index is -0.193. The summed E-state index contributed by atoms with van der Waals surface area (Å²) in [6.07, 6.45) is 1.51. The molecule has 0 unspecified atom stereocenters. The molecule has 0 fully saturated rings. The third kappa shape index (κ3) is 3.36. The molecule has 0 saturated heterocycles. The van der Waals surface area contributed by atoms with Crippen LogP contribution in [-0.2, 0) is 13.1 Å². The van der Waals surface area contributed by atoms with Crippen molar-refractivity contribution in [3.8, 4) is 0 Å². The molecule has 0 spiro atoms. The van der Waals surface area contributed by atoms with E-state index in [1.807, 2.05) is 17.7 Å². The van der Waals surface area contributed by atoms with E-state index in [2.05, 4.69) is 23.9 Å². The van der Waals surface area contributed by atoms with Crippen LogP contribution in [-0.4, -0.2) is 24.3 Å². The monoisotopic (exact) mass is 305 g/mol. The summed E-state index contributed by atoms with van der Waals surface area (Å²) in [5.74, 6) is 1.19. The van der Waals surface area contributed by atoms with Gasteiger partial charge in [0.2, 0.25) is 0 Å². The highest BCUT2D eigenvalue weighted by Crippen LogP contribution is 2.05. The molecule has 21 heavy (non-hydrogen) atoms. The first-order chi connectivity index (χ1) is 9.90. The maximum absolute atomic E-state index is 12.4. The molecule has 0 aliphatic heterocycles. The van der Waals surface area contributed by atoms with Gasteiger partial charge in [-0.2, -0.15) is 5.10 Å². The molecule has 7 heteroatoms. The minimum absolute atomic E-state index is 0.109. The highest BCUT2D eigenvalue weighted by Gasteiger charge is 2.12. The van der Waals surface area contributed by atoms with E-state index in [-0.39, 0.29) is 10.5 Å². The van der Waals surface area contributed by atoms with Crippen molar-refractivity contribution in [2.45, 2.75) is 33.9 Å². The van der Waals surface area contributed by atoms with Gasteiger partial charge in [0.05, 0.1) is 12.1 Å². The summed E-state index contributed by atoms with van der Waals surface area (Å²) in [7, 11) is 0. The summed E-state index contributed by atoms with van der Waals surface area (Å²) in [5.41, 5.74) is 6.58. The number of pyridine rings is 1. The Morgan fingerprint density at radius 2 is 2.14 bits per heavy atom. The van der Waals surface area contributed by atoms with Gasteiger partial charge >= 0.3 is 0 Å². The van der Waals surface area contributed by atoms with E-state index in [4.69, 9.17) is 18.0 Å². The average Bonchev–Trinajstić information content (AvgIpc) is 2.80. The van der Waals surface area contributed by atoms with Crippen LogP contribution in [0.3, 0.4) is 0 Å². The van der Waals surface area contributed by atoms with Gasteiger partial charge in [-0.1, -0.05) is 26.1 Å². The Bertz CT molecular complexity index is 716. The van der Waals surface area contributed by atoms with Crippen molar-refractivity contribution in [2.24, 2.45) is 11.7 Å². The lowest BCUT2D eigenvalue weighted by atomic mass is 10.2. The highest BCUT2D eigenvalue weighted by atomic mass is 32.1. The Morgan fingerprint density at radius 3 is 2.76 bits per heavy atom. The molecule has 0 amide bonds. The Kier molecular flexibility index (Phi) is 4.52. The molecule has 2 rings (SSSR count). The van der Waals surface area contributed by atoms with Crippen LogP contribution in [0.15, 0.2) is 23.3 Å². The van der Waals surface area contributed by atoms with E-state index in [0.717, 1.165) is 18.1 Å². The van der Waals surface area contributed by atoms with Gasteiger partial charge < -0.3 is 10.3 Å². The van der Waals surface area contributed by atoms with Crippen LogP contribution in [0.4, 0.5) is 0 Å². The topological polar surface area (TPSA) is 78.7 Å². The van der Waals surface area contributed by atoms with E-state index in [0.29, 0.717) is 18.0 Å². The highest BCUT2D eigenvalue weighted by molar-refractivity contribution is 7.80. The van der Waals surface area contributed by atoms with Crippen molar-refractivity contribution in [1.82, 2.24) is 19.3 Å². The second-order valence-corrected chi connectivity index (χ2v) is 5.84. The first-order valence-electron chi connectivity index (χ1n) is 6.77. The fraction of sp³-hybridized carbons (Fsp3) is 0.429. The standard InChI is InChI=1S/C14H19N5OS/c1-9(2)6-19-12(16-8-17-19)7-18-10(3)4-5-11(13(15)21)14(18)20/h4-5,8-9H,6-7H2,1-3H3,(H2,15,21). The molecule has 2 aromatic heterocycles. The van der Waals surface area contributed by atoms with Crippen LogP contribution in [0.2, 0.25) is 0 Å². The van der Waals surface area contributed by atoms with Crippen LogP contribution in [0.5, 0.6) is 0 Å². The van der Waals surface area contributed by atoms with Crippen molar-refractivity contribution >= 4 is 17.2 Å². The molecule has 6 nitrogen and oxygen atoms in total. The number of hydrogen-bond acceptors (Lipinski definition) is 4. The van der Waals surface area contributed by atoms with E-state index < -0.39 is 0 Å². The largest absolute Gasteiger partial charge is 0.389 e. The molecule has 2 heterocycles. The average molecular weight is 305 g/mol. The fourth-order valence-corrected chi connectivity index (χ4v) is 2.26. The normalized spacial score (nSPS) is 11.0. The third-order valence-electron chi connectivity index (χ3n) is 3.19. The molecule has 0 saturated carbocycles. The Hall–Kier alpha value is -2.02. The lowest BCUT2D eigenvalue weighted by molar-refractivity contribution is 0.459. The molecule has 0 bridgehead atoms. The van der Waals surface area contributed by atoms with Crippen molar-refractivity contribution in [3.63, 3.8) is 0 Å². The van der Waals surface area contributed by atoms with E-state index in [1.165, 1.54) is 6.33 Å². The summed E-state index contributed by atoms with van der Waals surface area (Å²) >= 11 is 4.91. The van der Waals surface area contributed by atoms with Crippen molar-refractivity contribution in [3.05, 3.63) is 45.9 Å². The van der Waals surface area contributed by atoms with Crippen LogP contribution >= 0.6 is 12.2 Å². The van der Waals surface area contributed by atoms with Crippen molar-refractivity contribution in [1.29, 1.82) is 0 Å². The van der Waals surface area contributed by atoms with Gasteiger partial charge in [0.1, 0.15) is 17.1 Å². The van der Waals surface area contributed by atoms with Gasteiger partial charge in [-0.3, -0.25) is 4.79 Å². The molecule has 0 atom stereocenters.